The van der Waals surface area contributed by atoms with Gasteiger partial charge in [-0.15, -0.1) is 0 Å². The summed E-state index contributed by atoms with van der Waals surface area (Å²) >= 11 is 7.87. The number of benzene rings is 3. The Morgan fingerprint density at radius 3 is 2.33 bits per heavy atom. The Balaban J connectivity index is 1.50. The average molecular weight is 520 g/mol. The molecule has 36 heavy (non-hydrogen) atoms. The lowest BCUT2D eigenvalue weighted by Crippen LogP contribution is -2.40. The summed E-state index contributed by atoms with van der Waals surface area (Å²) in [5, 5.41) is 1.41. The molecule has 0 radical (unpaired) electrons. The Kier molecular flexibility index (Phi) is 7.97. The van der Waals surface area contributed by atoms with Crippen molar-refractivity contribution in [3.63, 3.8) is 0 Å². The lowest BCUT2D eigenvalue weighted by atomic mass is 9.90. The van der Waals surface area contributed by atoms with Gasteiger partial charge in [0.05, 0.1) is 29.3 Å². The van der Waals surface area contributed by atoms with Gasteiger partial charge in [-0.05, 0) is 42.2 Å². The van der Waals surface area contributed by atoms with Gasteiger partial charge < -0.3 is 4.74 Å². The van der Waals surface area contributed by atoms with Gasteiger partial charge >= 0.3 is 0 Å². The maximum absolute atomic E-state index is 14.4. The molecule has 0 spiro atoms. The first kappa shape index (κ1) is 24.9. The molecule has 0 saturated carbocycles. The van der Waals surface area contributed by atoms with Crippen LogP contribution in [-0.2, 0) is 9.53 Å². The summed E-state index contributed by atoms with van der Waals surface area (Å²) < 4.78 is 6.49. The highest BCUT2D eigenvalue weighted by Crippen LogP contribution is 2.36. The molecular formula is C29H30ClN3O2S. The van der Waals surface area contributed by atoms with Gasteiger partial charge in [0.25, 0.3) is 0 Å². The molecule has 0 unspecified atom stereocenters. The van der Waals surface area contributed by atoms with Crippen molar-refractivity contribution in [2.75, 3.05) is 44.3 Å². The molecule has 4 aromatic rings. The number of aryl methyl sites for hydroxylation is 1. The maximum Gasteiger partial charge on any atom is 0.240 e. The normalized spacial score (nSPS) is 14.4. The molecule has 5 nitrogen and oxygen atoms in total. The van der Waals surface area contributed by atoms with E-state index in [-0.39, 0.29) is 5.91 Å². The fourth-order valence-electron chi connectivity index (χ4n) is 4.76. The van der Waals surface area contributed by atoms with E-state index >= 15 is 0 Å². The van der Waals surface area contributed by atoms with Crippen LogP contribution < -0.4 is 4.90 Å². The van der Waals surface area contributed by atoms with E-state index in [1.54, 1.807) is 0 Å². The van der Waals surface area contributed by atoms with Crippen molar-refractivity contribution in [1.29, 1.82) is 0 Å². The SMILES string of the molecule is Cc1cc(Cl)cc2sc(N(CCCN3CCOCC3)C(=O)C(c3ccccc3)c3ccccc3)nc12. The molecule has 1 amide bonds. The second kappa shape index (κ2) is 11.5. The van der Waals surface area contributed by atoms with Crippen LogP contribution in [0.5, 0.6) is 0 Å². The quantitative estimate of drug-likeness (QED) is 0.280. The van der Waals surface area contributed by atoms with Crippen LogP contribution in [0.4, 0.5) is 5.13 Å². The Labute approximate surface area is 221 Å². The standard InChI is InChI=1S/C29H30ClN3O2S/c1-21-19-24(30)20-25-27(21)31-29(36-25)33(14-8-13-32-15-17-35-18-16-32)28(34)26(22-9-4-2-5-10-22)23-11-6-3-7-12-23/h2-7,9-12,19-20,26H,8,13-18H2,1H3. The highest BCUT2D eigenvalue weighted by atomic mass is 35.5. The van der Waals surface area contributed by atoms with E-state index in [0.29, 0.717) is 11.6 Å². The molecular weight excluding hydrogens is 490 g/mol. The van der Waals surface area contributed by atoms with Gasteiger partial charge in [0.15, 0.2) is 5.13 Å². The number of hydrogen-bond donors (Lipinski definition) is 0. The third-order valence-electron chi connectivity index (χ3n) is 6.61. The summed E-state index contributed by atoms with van der Waals surface area (Å²) in [6.07, 6.45) is 0.859. The number of amides is 1. The van der Waals surface area contributed by atoms with E-state index in [1.165, 1.54) is 11.3 Å². The zero-order chi connectivity index (χ0) is 24.9. The molecule has 5 rings (SSSR count). The van der Waals surface area contributed by atoms with E-state index < -0.39 is 5.92 Å². The second-order valence-corrected chi connectivity index (χ2v) is 10.6. The predicted molar refractivity (Wildman–Crippen MR) is 148 cm³/mol. The van der Waals surface area contributed by atoms with E-state index in [2.05, 4.69) is 4.90 Å². The molecule has 1 saturated heterocycles. The Morgan fingerprint density at radius 1 is 1.06 bits per heavy atom. The molecule has 0 N–H and O–H groups in total. The summed E-state index contributed by atoms with van der Waals surface area (Å²) in [6.45, 7) is 6.93. The van der Waals surface area contributed by atoms with Crippen molar-refractivity contribution in [3.8, 4) is 0 Å². The summed E-state index contributed by atoms with van der Waals surface area (Å²) in [5.41, 5.74) is 3.88. The van der Waals surface area contributed by atoms with Crippen molar-refractivity contribution >= 4 is 44.2 Å². The van der Waals surface area contributed by atoms with E-state index in [1.807, 2.05) is 84.6 Å². The molecule has 0 atom stereocenters. The number of ether oxygens (including phenoxy) is 1. The molecule has 1 aromatic heterocycles. The number of nitrogens with zero attached hydrogens (tertiary/aromatic N) is 3. The number of rotatable bonds is 8. The largest absolute Gasteiger partial charge is 0.379 e. The lowest BCUT2D eigenvalue weighted by molar-refractivity contribution is -0.119. The molecule has 0 bridgehead atoms. The first-order valence-corrected chi connectivity index (χ1v) is 13.6. The summed E-state index contributed by atoms with van der Waals surface area (Å²) in [5.74, 6) is -0.371. The summed E-state index contributed by atoms with van der Waals surface area (Å²) in [4.78, 5) is 23.6. The predicted octanol–water partition coefficient (Wildman–Crippen LogP) is 6.15. The number of aromatic nitrogens is 1. The van der Waals surface area contributed by atoms with E-state index in [0.717, 1.165) is 71.3 Å². The van der Waals surface area contributed by atoms with Crippen LogP contribution in [0.1, 0.15) is 29.0 Å². The molecule has 1 aliphatic heterocycles. The van der Waals surface area contributed by atoms with Crippen LogP contribution in [0.15, 0.2) is 72.8 Å². The van der Waals surface area contributed by atoms with Crippen LogP contribution in [0, 0.1) is 6.92 Å². The van der Waals surface area contributed by atoms with Gasteiger partial charge in [-0.1, -0.05) is 83.6 Å². The molecule has 1 fully saturated rings. The Bertz CT molecular complexity index is 1270. The van der Waals surface area contributed by atoms with Gasteiger partial charge in [-0.25, -0.2) is 4.98 Å². The number of hydrogen-bond acceptors (Lipinski definition) is 5. The first-order chi connectivity index (χ1) is 17.6. The topological polar surface area (TPSA) is 45.7 Å². The fraction of sp³-hybridized carbons (Fsp3) is 0.310. The molecule has 2 heterocycles. The minimum atomic E-state index is -0.410. The van der Waals surface area contributed by atoms with Gasteiger partial charge in [-0.3, -0.25) is 14.6 Å². The third-order valence-corrected chi connectivity index (χ3v) is 7.85. The second-order valence-electron chi connectivity index (χ2n) is 9.12. The van der Waals surface area contributed by atoms with Crippen LogP contribution in [0.3, 0.4) is 0 Å². The summed E-state index contributed by atoms with van der Waals surface area (Å²) in [7, 11) is 0. The number of halogens is 1. The van der Waals surface area contributed by atoms with Gasteiger partial charge in [0, 0.05) is 31.2 Å². The number of carbonyl (C=O) groups excluding carboxylic acids is 1. The van der Waals surface area contributed by atoms with Crippen molar-refractivity contribution < 1.29 is 9.53 Å². The maximum atomic E-state index is 14.4. The Morgan fingerprint density at radius 2 is 1.69 bits per heavy atom. The third kappa shape index (κ3) is 5.62. The zero-order valence-electron chi connectivity index (χ0n) is 20.4. The minimum absolute atomic E-state index is 0.0391. The molecule has 7 heteroatoms. The summed E-state index contributed by atoms with van der Waals surface area (Å²) in [6, 6.07) is 23.9. The highest BCUT2D eigenvalue weighted by molar-refractivity contribution is 7.22. The smallest absolute Gasteiger partial charge is 0.240 e. The average Bonchev–Trinajstić information content (AvgIpc) is 3.32. The number of carbonyl (C=O) groups is 1. The van der Waals surface area contributed by atoms with Gasteiger partial charge in [-0.2, -0.15) is 0 Å². The van der Waals surface area contributed by atoms with Crippen LogP contribution in [-0.4, -0.2) is 55.2 Å². The van der Waals surface area contributed by atoms with Crippen molar-refractivity contribution in [2.24, 2.45) is 0 Å². The highest BCUT2D eigenvalue weighted by Gasteiger charge is 2.30. The number of thiazole rings is 1. The molecule has 186 valence electrons. The van der Waals surface area contributed by atoms with E-state index in [4.69, 9.17) is 21.3 Å². The minimum Gasteiger partial charge on any atom is -0.379 e. The molecule has 3 aromatic carbocycles. The number of morpholine rings is 1. The fourth-order valence-corrected chi connectivity index (χ4v) is 6.21. The van der Waals surface area contributed by atoms with Gasteiger partial charge in [0.1, 0.15) is 0 Å². The first-order valence-electron chi connectivity index (χ1n) is 12.4. The van der Waals surface area contributed by atoms with Gasteiger partial charge in [0.2, 0.25) is 5.91 Å². The van der Waals surface area contributed by atoms with Crippen molar-refractivity contribution in [1.82, 2.24) is 9.88 Å². The molecule has 0 aliphatic carbocycles. The van der Waals surface area contributed by atoms with Crippen molar-refractivity contribution in [3.05, 3.63) is 94.5 Å². The Hall–Kier alpha value is -2.77. The lowest BCUT2D eigenvalue weighted by Gasteiger charge is -2.29. The van der Waals surface area contributed by atoms with Crippen LogP contribution >= 0.6 is 22.9 Å². The molecule has 1 aliphatic rings. The van der Waals surface area contributed by atoms with Crippen LogP contribution in [0.25, 0.3) is 10.2 Å². The van der Waals surface area contributed by atoms with Crippen molar-refractivity contribution in [2.45, 2.75) is 19.3 Å². The number of fused-ring (bicyclic) bond motifs is 1. The zero-order valence-corrected chi connectivity index (χ0v) is 22.0. The van der Waals surface area contributed by atoms with E-state index in [9.17, 15) is 4.79 Å². The van der Waals surface area contributed by atoms with Crippen LogP contribution in [0.2, 0.25) is 5.02 Å². The number of anilines is 1. The monoisotopic (exact) mass is 519 g/mol.